The molecule has 0 aliphatic rings. The van der Waals surface area contributed by atoms with Crippen LogP contribution in [0.15, 0.2) is 12.4 Å². The Bertz CT molecular complexity index is 398. The first-order chi connectivity index (χ1) is 6.70. The third-order valence-corrected chi connectivity index (χ3v) is 1.50. The molecule has 0 unspecified atom stereocenters. The molecule has 1 rings (SSSR count). The third kappa shape index (κ3) is 1.85. The molecule has 1 aromatic rings. The zero-order valence-electron chi connectivity index (χ0n) is 7.45. The zero-order valence-corrected chi connectivity index (χ0v) is 7.45. The fourth-order valence-corrected chi connectivity index (χ4v) is 0.930. The Labute approximate surface area is 79.9 Å². The monoisotopic (exact) mass is 194 g/mol. The summed E-state index contributed by atoms with van der Waals surface area (Å²) < 4.78 is 17.7. The maximum Gasteiger partial charge on any atom is 0.342 e. The van der Waals surface area contributed by atoms with Gasteiger partial charge in [0.1, 0.15) is 11.6 Å². The van der Waals surface area contributed by atoms with Crippen molar-refractivity contribution in [2.24, 2.45) is 0 Å². The minimum atomic E-state index is -0.845. The van der Waals surface area contributed by atoms with E-state index in [-0.39, 0.29) is 17.7 Å². The fourth-order valence-electron chi connectivity index (χ4n) is 0.930. The number of pyridine rings is 1. The van der Waals surface area contributed by atoms with E-state index in [1.165, 1.54) is 0 Å². The number of hydrogen-bond donors (Lipinski definition) is 0. The van der Waals surface area contributed by atoms with Crippen LogP contribution in [0.1, 0.15) is 22.8 Å². The van der Waals surface area contributed by atoms with Crippen molar-refractivity contribution in [3.63, 3.8) is 0 Å². The number of aromatic nitrogens is 1. The maximum absolute atomic E-state index is 13.1. The van der Waals surface area contributed by atoms with Crippen molar-refractivity contribution in [2.75, 3.05) is 6.61 Å². The Kier molecular flexibility index (Phi) is 3.13. The number of carbonyl (C=O) groups excluding carboxylic acids is 1. The Morgan fingerprint density at radius 1 is 1.71 bits per heavy atom. The summed E-state index contributed by atoms with van der Waals surface area (Å²) in [6, 6.07) is 1.67. The molecule has 5 heteroatoms. The first kappa shape index (κ1) is 10.1. The van der Waals surface area contributed by atoms with E-state index in [4.69, 9.17) is 5.26 Å². The van der Waals surface area contributed by atoms with E-state index in [1.54, 1.807) is 13.0 Å². The standard InChI is InChI=1S/C9H7FN2O2/c1-2-14-9(13)8-6(3-11)4-12-5-7(8)10/h4-5H,2H2,1H3. The normalized spacial score (nSPS) is 9.21. The summed E-state index contributed by atoms with van der Waals surface area (Å²) in [7, 11) is 0. The lowest BCUT2D eigenvalue weighted by atomic mass is 10.1. The molecule has 0 spiro atoms. The molecule has 72 valence electrons. The minimum Gasteiger partial charge on any atom is -0.462 e. The summed E-state index contributed by atoms with van der Waals surface area (Å²) in [4.78, 5) is 14.7. The van der Waals surface area contributed by atoms with E-state index in [0.717, 1.165) is 12.4 Å². The van der Waals surface area contributed by atoms with Crippen molar-refractivity contribution < 1.29 is 13.9 Å². The van der Waals surface area contributed by atoms with Crippen LogP contribution in [-0.2, 0) is 4.74 Å². The van der Waals surface area contributed by atoms with Gasteiger partial charge in [0, 0.05) is 6.20 Å². The molecule has 0 saturated carbocycles. The molecule has 0 radical (unpaired) electrons. The second-order valence-electron chi connectivity index (χ2n) is 2.38. The summed E-state index contributed by atoms with van der Waals surface area (Å²) in [6.45, 7) is 1.73. The molecular formula is C9H7FN2O2. The average Bonchev–Trinajstić information content (AvgIpc) is 2.17. The highest BCUT2D eigenvalue weighted by Gasteiger charge is 2.17. The molecule has 0 atom stereocenters. The van der Waals surface area contributed by atoms with Crippen molar-refractivity contribution in [3.8, 4) is 6.07 Å². The van der Waals surface area contributed by atoms with Crippen molar-refractivity contribution in [1.29, 1.82) is 5.26 Å². The highest BCUT2D eigenvalue weighted by Crippen LogP contribution is 2.12. The van der Waals surface area contributed by atoms with Crippen LogP contribution in [0.3, 0.4) is 0 Å². The van der Waals surface area contributed by atoms with E-state index in [2.05, 4.69) is 9.72 Å². The van der Waals surface area contributed by atoms with E-state index in [0.29, 0.717) is 0 Å². The van der Waals surface area contributed by atoms with Gasteiger partial charge in [-0.3, -0.25) is 4.98 Å². The first-order valence-electron chi connectivity index (χ1n) is 3.91. The van der Waals surface area contributed by atoms with Crippen LogP contribution in [-0.4, -0.2) is 17.6 Å². The van der Waals surface area contributed by atoms with Gasteiger partial charge in [0.2, 0.25) is 0 Å². The summed E-state index contributed by atoms with van der Waals surface area (Å²) in [5.41, 5.74) is -0.479. The van der Waals surface area contributed by atoms with Crippen molar-refractivity contribution in [1.82, 2.24) is 4.98 Å². The molecule has 14 heavy (non-hydrogen) atoms. The van der Waals surface area contributed by atoms with Crippen LogP contribution < -0.4 is 0 Å². The SMILES string of the molecule is CCOC(=O)c1c(F)cncc1C#N. The smallest absolute Gasteiger partial charge is 0.342 e. The van der Waals surface area contributed by atoms with Gasteiger partial charge in [0.15, 0.2) is 5.82 Å². The molecule has 0 amide bonds. The molecule has 0 N–H and O–H groups in total. The largest absolute Gasteiger partial charge is 0.462 e. The maximum atomic E-state index is 13.1. The van der Waals surface area contributed by atoms with Gasteiger partial charge in [0.05, 0.1) is 18.4 Å². The van der Waals surface area contributed by atoms with Crippen molar-refractivity contribution in [3.05, 3.63) is 29.3 Å². The topological polar surface area (TPSA) is 63.0 Å². The van der Waals surface area contributed by atoms with E-state index < -0.39 is 11.8 Å². The molecule has 1 aromatic heterocycles. The molecule has 0 bridgehead atoms. The quantitative estimate of drug-likeness (QED) is 0.665. The number of esters is 1. The van der Waals surface area contributed by atoms with E-state index in [1.807, 2.05) is 0 Å². The first-order valence-corrected chi connectivity index (χ1v) is 3.91. The zero-order chi connectivity index (χ0) is 10.6. The highest BCUT2D eigenvalue weighted by atomic mass is 19.1. The van der Waals surface area contributed by atoms with E-state index >= 15 is 0 Å². The minimum absolute atomic E-state index is 0.122. The average molecular weight is 194 g/mol. The van der Waals surface area contributed by atoms with Gasteiger partial charge < -0.3 is 4.74 Å². The molecule has 0 aromatic carbocycles. The third-order valence-electron chi connectivity index (χ3n) is 1.50. The lowest BCUT2D eigenvalue weighted by Crippen LogP contribution is -2.10. The Balaban J connectivity index is 3.18. The number of halogens is 1. The van der Waals surface area contributed by atoms with Gasteiger partial charge in [-0.2, -0.15) is 5.26 Å². The summed E-state index contributed by atoms with van der Waals surface area (Å²) in [5.74, 6) is -1.69. The number of ether oxygens (including phenoxy) is 1. The molecule has 0 fully saturated rings. The van der Waals surface area contributed by atoms with Crippen LogP contribution in [0.4, 0.5) is 4.39 Å². The predicted octanol–water partition coefficient (Wildman–Crippen LogP) is 1.27. The number of carbonyl (C=O) groups is 1. The Hall–Kier alpha value is -1.96. The highest BCUT2D eigenvalue weighted by molar-refractivity contribution is 5.92. The molecular weight excluding hydrogens is 187 g/mol. The van der Waals surface area contributed by atoms with E-state index in [9.17, 15) is 9.18 Å². The Morgan fingerprint density at radius 3 is 3.00 bits per heavy atom. The van der Waals surface area contributed by atoms with Gasteiger partial charge in [-0.15, -0.1) is 0 Å². The molecule has 0 aliphatic carbocycles. The van der Waals surface area contributed by atoms with Crippen LogP contribution in [0.2, 0.25) is 0 Å². The summed E-state index contributed by atoms with van der Waals surface area (Å²) >= 11 is 0. The van der Waals surface area contributed by atoms with Gasteiger partial charge in [-0.1, -0.05) is 0 Å². The van der Waals surface area contributed by atoms with Crippen LogP contribution in [0, 0.1) is 17.1 Å². The van der Waals surface area contributed by atoms with Crippen LogP contribution in [0.25, 0.3) is 0 Å². The molecule has 4 nitrogen and oxygen atoms in total. The van der Waals surface area contributed by atoms with Crippen LogP contribution >= 0.6 is 0 Å². The second kappa shape index (κ2) is 4.33. The Morgan fingerprint density at radius 2 is 2.43 bits per heavy atom. The molecule has 0 aliphatic heterocycles. The second-order valence-corrected chi connectivity index (χ2v) is 2.38. The predicted molar refractivity (Wildman–Crippen MR) is 44.9 cm³/mol. The molecule has 0 saturated heterocycles. The number of nitrogens with zero attached hydrogens (tertiary/aromatic N) is 2. The van der Waals surface area contributed by atoms with Crippen molar-refractivity contribution >= 4 is 5.97 Å². The van der Waals surface area contributed by atoms with Crippen LogP contribution in [0.5, 0.6) is 0 Å². The van der Waals surface area contributed by atoms with Gasteiger partial charge in [-0.05, 0) is 6.92 Å². The number of rotatable bonds is 2. The summed E-state index contributed by atoms with van der Waals surface area (Å²) in [5, 5.41) is 8.60. The van der Waals surface area contributed by atoms with Gasteiger partial charge in [0.25, 0.3) is 0 Å². The lowest BCUT2D eigenvalue weighted by molar-refractivity contribution is 0.0520. The summed E-state index contributed by atoms with van der Waals surface area (Å²) in [6.07, 6.45) is 1.99. The van der Waals surface area contributed by atoms with Crippen molar-refractivity contribution in [2.45, 2.75) is 6.92 Å². The van der Waals surface area contributed by atoms with Gasteiger partial charge in [-0.25, -0.2) is 9.18 Å². The molecule has 1 heterocycles. The lowest BCUT2D eigenvalue weighted by Gasteiger charge is -2.03. The fraction of sp³-hybridized carbons (Fsp3) is 0.222. The van der Waals surface area contributed by atoms with Gasteiger partial charge >= 0.3 is 5.97 Å². The number of hydrogen-bond acceptors (Lipinski definition) is 4. The number of nitriles is 1.